The fourth-order valence-corrected chi connectivity index (χ4v) is 5.97. The summed E-state index contributed by atoms with van der Waals surface area (Å²) in [6, 6.07) is 0. The first-order valence-electron chi connectivity index (χ1n) is 21.5. The average molecular weight is 821 g/mol. The molecular weight excluding hydrogens is 743 g/mol. The molecule has 0 aliphatic carbocycles. The standard InChI is InChI=1S/C46H77O10P/c1-3-5-7-9-11-13-15-17-19-20-21-22-24-25-27-29-31-33-35-37-45(49)53-41-44(42-55-57(51,52)54-40-43(48)39-47)56-46(50)38-36-34-32-30-28-26-23-18-16-14-12-10-8-6-4-2/h11,13,17-19,21-23,25,27-28,30-31,33,43-44,47-48H,3-10,12,14-16,20,24,26,29,32,34-42H2,1-2H3,(H,51,52)/b13-11+,19-17+,22-21+,23-18+,27-25+,30-28+,33-31+/t43-,44+/m0/s1. The zero-order valence-electron chi connectivity index (χ0n) is 35.3. The second-order valence-corrected chi connectivity index (χ2v) is 15.5. The highest BCUT2D eigenvalue weighted by Gasteiger charge is 2.27. The van der Waals surface area contributed by atoms with Gasteiger partial charge in [-0.25, -0.2) is 4.57 Å². The monoisotopic (exact) mass is 821 g/mol. The molecule has 0 aliphatic heterocycles. The topological polar surface area (TPSA) is 149 Å². The van der Waals surface area contributed by atoms with Gasteiger partial charge in [0.25, 0.3) is 0 Å². The Bertz CT molecular complexity index is 1220. The van der Waals surface area contributed by atoms with Crippen LogP contribution in [0.3, 0.4) is 0 Å². The van der Waals surface area contributed by atoms with E-state index in [1.165, 1.54) is 64.2 Å². The van der Waals surface area contributed by atoms with Crippen molar-refractivity contribution in [1.82, 2.24) is 0 Å². The highest BCUT2D eigenvalue weighted by molar-refractivity contribution is 7.47. The Hall–Kier alpha value is -2.85. The molecular formula is C46H77O10P. The SMILES string of the molecule is CCCCC/C=C/C/C=C/C/C=C/C/C=C/C/C=C/CCC(=O)OC[C@H](COP(=O)(O)OC[C@@H](O)CO)OC(=O)CCCC/C=C/C/C=C/CCCCCCCC. The summed E-state index contributed by atoms with van der Waals surface area (Å²) in [7, 11) is -4.65. The van der Waals surface area contributed by atoms with Crippen LogP contribution in [0.5, 0.6) is 0 Å². The zero-order valence-corrected chi connectivity index (χ0v) is 36.2. The molecule has 3 atom stereocenters. The third-order valence-electron chi connectivity index (χ3n) is 8.54. The fraction of sp³-hybridized carbons (Fsp3) is 0.652. The number of aliphatic hydroxyl groups is 2. The summed E-state index contributed by atoms with van der Waals surface area (Å²) in [4.78, 5) is 34.9. The van der Waals surface area contributed by atoms with Crippen molar-refractivity contribution in [2.45, 2.75) is 167 Å². The maximum absolute atomic E-state index is 12.6. The van der Waals surface area contributed by atoms with Gasteiger partial charge in [-0.05, 0) is 83.5 Å². The number of carbonyl (C=O) groups excluding carboxylic acids is 2. The molecule has 326 valence electrons. The minimum Gasteiger partial charge on any atom is -0.462 e. The van der Waals surface area contributed by atoms with Crippen molar-refractivity contribution in [1.29, 1.82) is 0 Å². The van der Waals surface area contributed by atoms with E-state index in [9.17, 15) is 24.2 Å². The molecule has 1 unspecified atom stereocenters. The molecule has 0 aromatic heterocycles. The molecule has 0 saturated heterocycles. The Morgan fingerprint density at radius 3 is 1.47 bits per heavy atom. The van der Waals surface area contributed by atoms with Crippen LogP contribution in [-0.2, 0) is 32.7 Å². The largest absolute Gasteiger partial charge is 0.472 e. The lowest BCUT2D eigenvalue weighted by Gasteiger charge is -2.20. The predicted octanol–water partition coefficient (Wildman–Crippen LogP) is 11.4. The maximum atomic E-state index is 12.6. The van der Waals surface area contributed by atoms with Gasteiger partial charge in [0.2, 0.25) is 0 Å². The zero-order chi connectivity index (χ0) is 41.9. The molecule has 11 heteroatoms. The van der Waals surface area contributed by atoms with Crippen LogP contribution in [0, 0.1) is 0 Å². The molecule has 0 rings (SSSR count). The highest BCUT2D eigenvalue weighted by atomic mass is 31.2. The van der Waals surface area contributed by atoms with Crippen LogP contribution in [0.15, 0.2) is 85.1 Å². The molecule has 0 amide bonds. The third-order valence-corrected chi connectivity index (χ3v) is 9.49. The number of hydrogen-bond donors (Lipinski definition) is 3. The second kappa shape index (κ2) is 41.3. The Morgan fingerprint density at radius 1 is 0.526 bits per heavy atom. The van der Waals surface area contributed by atoms with E-state index in [0.29, 0.717) is 12.8 Å². The summed E-state index contributed by atoms with van der Waals surface area (Å²) >= 11 is 0. The highest BCUT2D eigenvalue weighted by Crippen LogP contribution is 2.43. The van der Waals surface area contributed by atoms with Crippen LogP contribution in [0.1, 0.15) is 155 Å². The van der Waals surface area contributed by atoms with Crippen molar-refractivity contribution >= 4 is 19.8 Å². The minimum atomic E-state index is -4.65. The van der Waals surface area contributed by atoms with Gasteiger partial charge in [-0.2, -0.15) is 0 Å². The summed E-state index contributed by atoms with van der Waals surface area (Å²) in [5, 5.41) is 18.3. The normalized spacial score (nSPS) is 14.7. The van der Waals surface area contributed by atoms with Gasteiger partial charge in [0, 0.05) is 12.8 Å². The molecule has 10 nitrogen and oxygen atoms in total. The molecule has 0 aliphatic rings. The van der Waals surface area contributed by atoms with E-state index >= 15 is 0 Å². The van der Waals surface area contributed by atoms with Gasteiger partial charge in [-0.15, -0.1) is 0 Å². The predicted molar refractivity (Wildman–Crippen MR) is 233 cm³/mol. The molecule has 57 heavy (non-hydrogen) atoms. The number of phosphoric acid groups is 1. The van der Waals surface area contributed by atoms with E-state index in [2.05, 4.69) is 91.3 Å². The Kier molecular flexibility index (Phi) is 39.2. The average Bonchev–Trinajstić information content (AvgIpc) is 3.20. The number of ether oxygens (including phenoxy) is 2. The van der Waals surface area contributed by atoms with Crippen LogP contribution >= 0.6 is 7.82 Å². The van der Waals surface area contributed by atoms with Crippen LogP contribution in [0.2, 0.25) is 0 Å². The van der Waals surface area contributed by atoms with Crippen LogP contribution in [0.4, 0.5) is 0 Å². The van der Waals surface area contributed by atoms with Gasteiger partial charge in [-0.3, -0.25) is 18.6 Å². The van der Waals surface area contributed by atoms with E-state index in [-0.39, 0.29) is 19.4 Å². The van der Waals surface area contributed by atoms with Crippen LogP contribution < -0.4 is 0 Å². The molecule has 0 radical (unpaired) electrons. The number of unbranched alkanes of at least 4 members (excludes halogenated alkanes) is 11. The number of allylic oxidation sites excluding steroid dienone is 14. The molecule has 0 bridgehead atoms. The summed E-state index contributed by atoms with van der Waals surface area (Å²) in [6.45, 7) is 2.20. The van der Waals surface area contributed by atoms with Gasteiger partial charge in [0.05, 0.1) is 19.8 Å². The Balaban J connectivity index is 4.49. The van der Waals surface area contributed by atoms with Crippen molar-refractivity contribution in [2.24, 2.45) is 0 Å². The summed E-state index contributed by atoms with van der Waals surface area (Å²) in [5.41, 5.74) is 0. The number of esters is 2. The number of hydrogen-bond acceptors (Lipinski definition) is 9. The quantitative estimate of drug-likeness (QED) is 0.0237. The van der Waals surface area contributed by atoms with E-state index in [0.717, 1.165) is 51.4 Å². The summed E-state index contributed by atoms with van der Waals surface area (Å²) in [6.07, 6.45) is 48.5. The van der Waals surface area contributed by atoms with Gasteiger partial charge >= 0.3 is 19.8 Å². The van der Waals surface area contributed by atoms with E-state index in [1.807, 2.05) is 12.2 Å². The number of rotatable bonds is 39. The molecule has 0 spiro atoms. The third kappa shape index (κ3) is 41.1. The van der Waals surface area contributed by atoms with Crippen molar-refractivity contribution in [3.8, 4) is 0 Å². The molecule has 0 fully saturated rings. The number of aliphatic hydroxyl groups excluding tert-OH is 2. The molecule has 0 heterocycles. The number of phosphoric ester groups is 1. The Morgan fingerprint density at radius 2 is 0.947 bits per heavy atom. The van der Waals surface area contributed by atoms with Gasteiger partial charge in [0.1, 0.15) is 12.7 Å². The minimum absolute atomic E-state index is 0.107. The van der Waals surface area contributed by atoms with Crippen molar-refractivity contribution in [2.75, 3.05) is 26.4 Å². The first-order valence-corrected chi connectivity index (χ1v) is 23.0. The lowest BCUT2D eigenvalue weighted by Crippen LogP contribution is -2.29. The lowest BCUT2D eigenvalue weighted by atomic mass is 10.1. The van der Waals surface area contributed by atoms with Crippen molar-refractivity contribution < 1.29 is 47.8 Å². The summed E-state index contributed by atoms with van der Waals surface area (Å²) < 4.78 is 32.6. The van der Waals surface area contributed by atoms with Crippen molar-refractivity contribution in [3.63, 3.8) is 0 Å². The van der Waals surface area contributed by atoms with Gasteiger partial charge in [0.15, 0.2) is 6.10 Å². The van der Waals surface area contributed by atoms with Crippen LogP contribution in [0.25, 0.3) is 0 Å². The smallest absolute Gasteiger partial charge is 0.462 e. The lowest BCUT2D eigenvalue weighted by molar-refractivity contribution is -0.161. The molecule has 0 saturated carbocycles. The molecule has 0 aromatic rings. The second-order valence-electron chi connectivity index (χ2n) is 14.0. The number of carbonyl (C=O) groups is 2. The summed E-state index contributed by atoms with van der Waals surface area (Å²) in [5.74, 6) is -1.07. The van der Waals surface area contributed by atoms with Gasteiger partial charge in [-0.1, -0.05) is 144 Å². The first kappa shape index (κ1) is 54.2. The van der Waals surface area contributed by atoms with E-state index < -0.39 is 51.8 Å². The van der Waals surface area contributed by atoms with Crippen LogP contribution in [-0.4, -0.2) is 65.7 Å². The first-order chi connectivity index (χ1) is 27.7. The van der Waals surface area contributed by atoms with Gasteiger partial charge < -0.3 is 24.6 Å². The Labute approximate surface area is 345 Å². The fourth-order valence-electron chi connectivity index (χ4n) is 5.18. The van der Waals surface area contributed by atoms with E-state index in [1.54, 1.807) is 0 Å². The molecule has 0 aromatic carbocycles. The van der Waals surface area contributed by atoms with E-state index in [4.69, 9.17) is 19.1 Å². The maximum Gasteiger partial charge on any atom is 0.472 e. The van der Waals surface area contributed by atoms with Crippen molar-refractivity contribution in [3.05, 3.63) is 85.1 Å². The molecule has 3 N–H and O–H groups in total.